The Morgan fingerprint density at radius 3 is 2.71 bits per heavy atom. The molecule has 1 aromatic carbocycles. The third-order valence-electron chi connectivity index (χ3n) is 4.57. The van der Waals surface area contributed by atoms with E-state index in [9.17, 15) is 9.90 Å². The number of rotatable bonds is 3. The fourth-order valence-electron chi connectivity index (χ4n) is 3.09. The predicted octanol–water partition coefficient (Wildman–Crippen LogP) is 3.68. The van der Waals surface area contributed by atoms with Crippen molar-refractivity contribution in [2.24, 2.45) is 5.92 Å². The second-order valence-corrected chi connectivity index (χ2v) is 6.08. The molecule has 0 atom stereocenters. The van der Waals surface area contributed by atoms with E-state index in [1.54, 1.807) is 6.20 Å². The molecule has 0 aliphatic heterocycles. The van der Waals surface area contributed by atoms with E-state index >= 15 is 0 Å². The number of carboxylic acids is 1. The topological polar surface area (TPSA) is 62.2 Å². The van der Waals surface area contributed by atoms with Gasteiger partial charge in [-0.25, -0.2) is 9.78 Å². The van der Waals surface area contributed by atoms with E-state index in [-0.39, 0.29) is 0 Å². The number of nitrogens with zero attached hydrogens (tertiary/aromatic N) is 1. The van der Waals surface area contributed by atoms with Crippen LogP contribution < -0.4 is 5.32 Å². The molecule has 1 heterocycles. The maximum Gasteiger partial charge on any atom is 0.329 e. The summed E-state index contributed by atoms with van der Waals surface area (Å²) in [6, 6.07) is 9.86. The Kier molecular flexibility index (Phi) is 3.53. The van der Waals surface area contributed by atoms with Gasteiger partial charge in [-0.2, -0.15) is 0 Å². The van der Waals surface area contributed by atoms with Crippen molar-refractivity contribution in [2.45, 2.75) is 38.1 Å². The third kappa shape index (κ3) is 2.58. The molecule has 4 nitrogen and oxygen atoms in total. The predicted molar refractivity (Wildman–Crippen MR) is 83.4 cm³/mol. The highest BCUT2D eigenvalue weighted by molar-refractivity contribution is 5.94. The molecule has 0 bridgehead atoms. The molecule has 1 aliphatic carbocycles. The van der Waals surface area contributed by atoms with Crippen LogP contribution in [0.15, 0.2) is 36.5 Å². The minimum atomic E-state index is -0.885. The summed E-state index contributed by atoms with van der Waals surface area (Å²) in [6.45, 7) is 2.18. The molecule has 1 aliphatic rings. The van der Waals surface area contributed by atoms with Crippen molar-refractivity contribution >= 4 is 22.6 Å². The summed E-state index contributed by atoms with van der Waals surface area (Å²) in [4.78, 5) is 16.2. The lowest BCUT2D eigenvalue weighted by molar-refractivity contribution is -0.143. The van der Waals surface area contributed by atoms with Crippen LogP contribution in [0.1, 0.15) is 32.6 Å². The Bertz CT molecular complexity index is 655. The summed E-state index contributed by atoms with van der Waals surface area (Å²) >= 11 is 0. The van der Waals surface area contributed by atoms with Gasteiger partial charge in [0.2, 0.25) is 0 Å². The molecule has 0 radical (unpaired) electrons. The van der Waals surface area contributed by atoms with Crippen molar-refractivity contribution in [1.82, 2.24) is 4.98 Å². The molecule has 21 heavy (non-hydrogen) atoms. The molecule has 0 amide bonds. The largest absolute Gasteiger partial charge is 0.480 e. The molecule has 0 unspecified atom stereocenters. The van der Waals surface area contributed by atoms with Crippen LogP contribution in [0.2, 0.25) is 0 Å². The maximum atomic E-state index is 11.8. The normalized spacial score (nSPS) is 25.7. The number of aromatic nitrogens is 1. The number of anilines is 1. The smallest absolute Gasteiger partial charge is 0.329 e. The lowest BCUT2D eigenvalue weighted by Gasteiger charge is -2.37. The molecule has 2 aromatic rings. The molecule has 110 valence electrons. The number of hydrogen-bond donors (Lipinski definition) is 2. The maximum absolute atomic E-state index is 11.8. The lowest BCUT2D eigenvalue weighted by Crippen LogP contribution is -2.49. The van der Waals surface area contributed by atoms with E-state index in [4.69, 9.17) is 0 Å². The zero-order valence-electron chi connectivity index (χ0n) is 12.2. The molecule has 2 N–H and O–H groups in total. The van der Waals surface area contributed by atoms with Gasteiger partial charge in [-0.05, 0) is 43.1 Å². The fourth-order valence-corrected chi connectivity index (χ4v) is 3.09. The van der Waals surface area contributed by atoms with Crippen molar-refractivity contribution in [3.63, 3.8) is 0 Å². The molecule has 3 rings (SSSR count). The Labute approximate surface area is 124 Å². The van der Waals surface area contributed by atoms with Crippen LogP contribution in [0, 0.1) is 5.92 Å². The van der Waals surface area contributed by atoms with E-state index in [2.05, 4.69) is 17.2 Å². The van der Waals surface area contributed by atoms with Crippen molar-refractivity contribution in [3.8, 4) is 0 Å². The van der Waals surface area contributed by atoms with Crippen LogP contribution in [0.3, 0.4) is 0 Å². The standard InChI is InChI=1S/C17H20N2O2/c1-12-6-9-17(10-7-12,16(20)21)19-15-14-5-3-2-4-13(14)8-11-18-15/h2-5,8,11-12H,6-7,9-10H2,1H3,(H,18,19)(H,20,21). The monoisotopic (exact) mass is 284 g/mol. The van der Waals surface area contributed by atoms with E-state index in [1.807, 2.05) is 30.3 Å². The van der Waals surface area contributed by atoms with Crippen molar-refractivity contribution in [2.75, 3.05) is 5.32 Å². The average Bonchev–Trinajstić information content (AvgIpc) is 2.50. The summed E-state index contributed by atoms with van der Waals surface area (Å²) in [6.07, 6.45) is 4.89. The quantitative estimate of drug-likeness (QED) is 0.902. The number of fused-ring (bicyclic) bond motifs is 1. The first kappa shape index (κ1) is 13.9. The number of carboxylic acid groups (broad SMARTS) is 1. The van der Waals surface area contributed by atoms with Gasteiger partial charge in [0.15, 0.2) is 0 Å². The Hall–Kier alpha value is -2.10. The van der Waals surface area contributed by atoms with Crippen LogP contribution in [0.5, 0.6) is 0 Å². The lowest BCUT2D eigenvalue weighted by atomic mass is 9.77. The molecular formula is C17H20N2O2. The van der Waals surface area contributed by atoms with Crippen molar-refractivity contribution in [3.05, 3.63) is 36.5 Å². The molecule has 1 aromatic heterocycles. The van der Waals surface area contributed by atoms with E-state index in [0.717, 1.165) is 23.6 Å². The Morgan fingerprint density at radius 1 is 1.29 bits per heavy atom. The number of benzene rings is 1. The molecule has 4 heteroatoms. The molecule has 0 saturated heterocycles. The van der Waals surface area contributed by atoms with Gasteiger partial charge in [0.1, 0.15) is 11.4 Å². The van der Waals surface area contributed by atoms with Crippen LogP contribution in [-0.4, -0.2) is 21.6 Å². The molecular weight excluding hydrogens is 264 g/mol. The number of aliphatic carboxylic acids is 1. The summed E-state index contributed by atoms with van der Waals surface area (Å²) in [5, 5.41) is 15.0. The van der Waals surface area contributed by atoms with Crippen LogP contribution in [0.4, 0.5) is 5.82 Å². The van der Waals surface area contributed by atoms with Gasteiger partial charge in [-0.1, -0.05) is 31.2 Å². The highest BCUT2D eigenvalue weighted by Crippen LogP contribution is 2.36. The first-order valence-electron chi connectivity index (χ1n) is 7.46. The molecule has 1 fully saturated rings. The SMILES string of the molecule is CC1CCC(Nc2nccc3ccccc23)(C(=O)O)CC1. The van der Waals surface area contributed by atoms with Gasteiger partial charge < -0.3 is 10.4 Å². The van der Waals surface area contributed by atoms with Crippen LogP contribution >= 0.6 is 0 Å². The molecule has 1 saturated carbocycles. The van der Waals surface area contributed by atoms with Crippen LogP contribution in [0.25, 0.3) is 10.8 Å². The highest BCUT2D eigenvalue weighted by atomic mass is 16.4. The minimum absolute atomic E-state index is 0.597. The second-order valence-electron chi connectivity index (χ2n) is 6.08. The highest BCUT2D eigenvalue weighted by Gasteiger charge is 2.41. The number of carbonyl (C=O) groups is 1. The van der Waals surface area contributed by atoms with Crippen LogP contribution in [-0.2, 0) is 4.79 Å². The van der Waals surface area contributed by atoms with Gasteiger partial charge in [0, 0.05) is 11.6 Å². The Morgan fingerprint density at radius 2 is 2.00 bits per heavy atom. The van der Waals surface area contributed by atoms with Gasteiger partial charge >= 0.3 is 5.97 Å². The summed E-state index contributed by atoms with van der Waals surface area (Å²) in [7, 11) is 0. The zero-order valence-corrected chi connectivity index (χ0v) is 12.2. The zero-order chi connectivity index (χ0) is 14.9. The summed E-state index contributed by atoms with van der Waals surface area (Å²) < 4.78 is 0. The number of hydrogen-bond acceptors (Lipinski definition) is 3. The summed E-state index contributed by atoms with van der Waals surface area (Å²) in [5.74, 6) is 0.494. The van der Waals surface area contributed by atoms with Gasteiger partial charge in [0.05, 0.1) is 0 Å². The minimum Gasteiger partial charge on any atom is -0.480 e. The molecule has 0 spiro atoms. The average molecular weight is 284 g/mol. The van der Waals surface area contributed by atoms with Crippen molar-refractivity contribution in [1.29, 1.82) is 0 Å². The Balaban J connectivity index is 1.97. The first-order valence-corrected chi connectivity index (χ1v) is 7.46. The van der Waals surface area contributed by atoms with Gasteiger partial charge in [0.25, 0.3) is 0 Å². The number of pyridine rings is 1. The second kappa shape index (κ2) is 5.35. The van der Waals surface area contributed by atoms with E-state index in [1.165, 1.54) is 0 Å². The van der Waals surface area contributed by atoms with Gasteiger partial charge in [-0.15, -0.1) is 0 Å². The van der Waals surface area contributed by atoms with E-state index in [0.29, 0.717) is 24.6 Å². The third-order valence-corrected chi connectivity index (χ3v) is 4.57. The van der Waals surface area contributed by atoms with Crippen molar-refractivity contribution < 1.29 is 9.90 Å². The fraction of sp³-hybridized carbons (Fsp3) is 0.412. The first-order chi connectivity index (χ1) is 10.1. The number of nitrogens with one attached hydrogen (secondary N) is 1. The van der Waals surface area contributed by atoms with Gasteiger partial charge in [-0.3, -0.25) is 0 Å². The van der Waals surface area contributed by atoms with E-state index < -0.39 is 11.5 Å². The summed E-state index contributed by atoms with van der Waals surface area (Å²) in [5.41, 5.74) is -0.885.